The topological polar surface area (TPSA) is 34.9 Å². The van der Waals surface area contributed by atoms with Crippen LogP contribution in [-0.2, 0) is 17.6 Å². The second-order valence-corrected chi connectivity index (χ2v) is 4.60. The second-order valence-electron chi connectivity index (χ2n) is 4.60. The molecular weight excluding hydrogens is 224 g/mol. The molecule has 0 bridgehead atoms. The van der Waals surface area contributed by atoms with E-state index in [9.17, 15) is 4.79 Å². The monoisotopic (exact) mass is 238 g/mol. The Labute approximate surface area is 106 Å². The molecule has 0 saturated heterocycles. The number of aromatic nitrogens is 2. The van der Waals surface area contributed by atoms with Gasteiger partial charge in [0.1, 0.15) is 6.29 Å². The SMILES string of the molecule is Cc1c(-n2ccnc2)ccc2c1CC(C=O)=CC2. The molecule has 1 aliphatic rings. The van der Waals surface area contributed by atoms with Gasteiger partial charge in [-0.3, -0.25) is 4.79 Å². The first-order valence-electron chi connectivity index (χ1n) is 6.03. The van der Waals surface area contributed by atoms with Gasteiger partial charge >= 0.3 is 0 Å². The standard InChI is InChI=1S/C15H14N2O/c1-11-14-8-12(9-18)2-3-13(14)4-5-15(11)17-7-6-16-10-17/h2,4-7,9-10H,3,8H2,1H3. The summed E-state index contributed by atoms with van der Waals surface area (Å²) in [6.45, 7) is 2.11. The molecule has 1 aromatic heterocycles. The molecule has 1 aliphatic carbocycles. The van der Waals surface area contributed by atoms with Gasteiger partial charge in [-0.05, 0) is 41.7 Å². The number of rotatable bonds is 2. The van der Waals surface area contributed by atoms with Crippen LogP contribution in [0, 0.1) is 6.92 Å². The van der Waals surface area contributed by atoms with Crippen LogP contribution < -0.4 is 0 Å². The molecule has 90 valence electrons. The molecule has 0 amide bonds. The highest BCUT2D eigenvalue weighted by Gasteiger charge is 2.15. The molecule has 3 heteroatoms. The van der Waals surface area contributed by atoms with E-state index in [1.54, 1.807) is 12.5 Å². The number of aldehydes is 1. The van der Waals surface area contributed by atoms with Crippen LogP contribution in [0.3, 0.4) is 0 Å². The first-order valence-corrected chi connectivity index (χ1v) is 6.03. The largest absolute Gasteiger partial charge is 0.306 e. The molecule has 3 rings (SSSR count). The predicted octanol–water partition coefficient (Wildman–Crippen LogP) is 2.40. The first kappa shape index (κ1) is 11.0. The van der Waals surface area contributed by atoms with Crippen molar-refractivity contribution < 1.29 is 4.79 Å². The number of allylic oxidation sites excluding steroid dienone is 2. The van der Waals surface area contributed by atoms with E-state index in [1.807, 2.05) is 16.8 Å². The molecule has 3 nitrogen and oxygen atoms in total. The molecule has 0 saturated carbocycles. The van der Waals surface area contributed by atoms with E-state index < -0.39 is 0 Å². The fraction of sp³-hybridized carbons (Fsp3) is 0.200. The van der Waals surface area contributed by atoms with Crippen LogP contribution in [0.1, 0.15) is 16.7 Å². The summed E-state index contributed by atoms with van der Waals surface area (Å²) in [6, 6.07) is 4.27. The van der Waals surface area contributed by atoms with Crippen molar-refractivity contribution in [1.82, 2.24) is 9.55 Å². The van der Waals surface area contributed by atoms with Crippen LogP contribution in [0.4, 0.5) is 0 Å². The maximum atomic E-state index is 10.9. The van der Waals surface area contributed by atoms with Crippen molar-refractivity contribution in [3.8, 4) is 5.69 Å². The van der Waals surface area contributed by atoms with Gasteiger partial charge in [-0.2, -0.15) is 0 Å². The third-order valence-electron chi connectivity index (χ3n) is 3.57. The molecule has 0 atom stereocenters. The van der Waals surface area contributed by atoms with Gasteiger partial charge in [-0.25, -0.2) is 4.98 Å². The Morgan fingerprint density at radius 3 is 3.00 bits per heavy atom. The molecule has 1 heterocycles. The van der Waals surface area contributed by atoms with Crippen molar-refractivity contribution in [2.75, 3.05) is 0 Å². The number of carbonyl (C=O) groups is 1. The van der Waals surface area contributed by atoms with E-state index >= 15 is 0 Å². The van der Waals surface area contributed by atoms with Gasteiger partial charge < -0.3 is 4.57 Å². The van der Waals surface area contributed by atoms with Gasteiger partial charge in [-0.1, -0.05) is 12.1 Å². The summed E-state index contributed by atoms with van der Waals surface area (Å²) >= 11 is 0. The summed E-state index contributed by atoms with van der Waals surface area (Å²) in [5.41, 5.74) is 5.86. The summed E-state index contributed by atoms with van der Waals surface area (Å²) in [4.78, 5) is 15.0. The summed E-state index contributed by atoms with van der Waals surface area (Å²) in [5, 5.41) is 0. The quantitative estimate of drug-likeness (QED) is 0.753. The Kier molecular flexibility index (Phi) is 2.59. The molecule has 0 spiro atoms. The van der Waals surface area contributed by atoms with Gasteiger partial charge in [0.05, 0.1) is 6.33 Å². The first-order chi connectivity index (χ1) is 8.79. The van der Waals surface area contributed by atoms with Crippen molar-refractivity contribution in [3.63, 3.8) is 0 Å². The average molecular weight is 238 g/mol. The molecule has 0 unspecified atom stereocenters. The molecule has 18 heavy (non-hydrogen) atoms. The lowest BCUT2D eigenvalue weighted by atomic mass is 9.88. The van der Waals surface area contributed by atoms with E-state index in [1.165, 1.54) is 16.7 Å². The van der Waals surface area contributed by atoms with E-state index in [0.29, 0.717) is 0 Å². The van der Waals surface area contributed by atoms with Crippen molar-refractivity contribution in [3.05, 3.63) is 59.2 Å². The fourth-order valence-electron chi connectivity index (χ4n) is 2.53. The molecular formula is C15H14N2O. The zero-order chi connectivity index (χ0) is 12.5. The Morgan fingerprint density at radius 1 is 1.39 bits per heavy atom. The number of fused-ring (bicyclic) bond motifs is 1. The zero-order valence-corrected chi connectivity index (χ0v) is 10.3. The van der Waals surface area contributed by atoms with E-state index in [4.69, 9.17) is 0 Å². The van der Waals surface area contributed by atoms with Crippen LogP contribution in [-0.4, -0.2) is 15.8 Å². The van der Waals surface area contributed by atoms with Crippen molar-refractivity contribution in [1.29, 1.82) is 0 Å². The smallest absolute Gasteiger partial charge is 0.146 e. The Bertz CT molecular complexity index is 624. The Balaban J connectivity index is 2.10. The number of hydrogen-bond acceptors (Lipinski definition) is 2. The minimum Gasteiger partial charge on any atom is -0.306 e. The van der Waals surface area contributed by atoms with Crippen LogP contribution in [0.25, 0.3) is 5.69 Å². The maximum Gasteiger partial charge on any atom is 0.146 e. The summed E-state index contributed by atoms with van der Waals surface area (Å²) < 4.78 is 2.01. The van der Waals surface area contributed by atoms with Crippen molar-refractivity contribution in [2.45, 2.75) is 19.8 Å². The normalized spacial score (nSPS) is 13.9. The van der Waals surface area contributed by atoms with Crippen LogP contribution >= 0.6 is 0 Å². The Hall–Kier alpha value is -2.16. The molecule has 0 N–H and O–H groups in total. The summed E-state index contributed by atoms with van der Waals surface area (Å²) in [6.07, 6.45) is 10.1. The van der Waals surface area contributed by atoms with Crippen molar-refractivity contribution in [2.24, 2.45) is 0 Å². The molecule has 0 fully saturated rings. The number of carbonyl (C=O) groups excluding carboxylic acids is 1. The van der Waals surface area contributed by atoms with E-state index in [-0.39, 0.29) is 0 Å². The highest BCUT2D eigenvalue weighted by atomic mass is 16.1. The van der Waals surface area contributed by atoms with Gasteiger partial charge in [-0.15, -0.1) is 0 Å². The van der Waals surface area contributed by atoms with Crippen LogP contribution in [0.5, 0.6) is 0 Å². The molecule has 1 aromatic carbocycles. The van der Waals surface area contributed by atoms with Gasteiger partial charge in [0.15, 0.2) is 0 Å². The third kappa shape index (κ3) is 1.68. The second kappa shape index (κ2) is 4.26. The van der Waals surface area contributed by atoms with Crippen LogP contribution in [0.2, 0.25) is 0 Å². The fourth-order valence-corrected chi connectivity index (χ4v) is 2.53. The number of benzene rings is 1. The summed E-state index contributed by atoms with van der Waals surface area (Å²) in [7, 11) is 0. The van der Waals surface area contributed by atoms with E-state index in [0.717, 1.165) is 30.4 Å². The lowest BCUT2D eigenvalue weighted by molar-refractivity contribution is -0.105. The Morgan fingerprint density at radius 2 is 2.28 bits per heavy atom. The zero-order valence-electron chi connectivity index (χ0n) is 10.3. The number of imidazole rings is 1. The molecule has 0 radical (unpaired) electrons. The summed E-state index contributed by atoms with van der Waals surface area (Å²) in [5.74, 6) is 0. The van der Waals surface area contributed by atoms with E-state index in [2.05, 4.69) is 24.0 Å². The van der Waals surface area contributed by atoms with Gasteiger partial charge in [0.25, 0.3) is 0 Å². The van der Waals surface area contributed by atoms with Gasteiger partial charge in [0.2, 0.25) is 0 Å². The highest BCUT2D eigenvalue weighted by Crippen LogP contribution is 2.27. The maximum absolute atomic E-state index is 10.9. The predicted molar refractivity (Wildman–Crippen MR) is 69.9 cm³/mol. The minimum absolute atomic E-state index is 0.743. The number of hydrogen-bond donors (Lipinski definition) is 0. The lowest BCUT2D eigenvalue weighted by Crippen LogP contribution is -2.08. The molecule has 0 aliphatic heterocycles. The molecule has 2 aromatic rings. The van der Waals surface area contributed by atoms with Gasteiger partial charge in [0, 0.05) is 24.5 Å². The third-order valence-corrected chi connectivity index (χ3v) is 3.57. The van der Waals surface area contributed by atoms with Crippen molar-refractivity contribution >= 4 is 6.29 Å². The lowest BCUT2D eigenvalue weighted by Gasteiger charge is -2.19. The van der Waals surface area contributed by atoms with Crippen LogP contribution in [0.15, 0.2) is 42.5 Å². The number of nitrogens with zero attached hydrogens (tertiary/aromatic N) is 2. The average Bonchev–Trinajstić information content (AvgIpc) is 2.93. The minimum atomic E-state index is 0.743. The highest BCUT2D eigenvalue weighted by molar-refractivity contribution is 5.75.